The maximum Gasteiger partial charge on any atom is 0.422 e. The van der Waals surface area contributed by atoms with E-state index in [-0.39, 0.29) is 5.88 Å². The molecule has 2 rings (SSSR count). The summed E-state index contributed by atoms with van der Waals surface area (Å²) in [5.41, 5.74) is 0.781. The molecule has 0 spiro atoms. The second-order valence-corrected chi connectivity index (χ2v) is 4.05. The fourth-order valence-electron chi connectivity index (χ4n) is 1.51. The Labute approximate surface area is 113 Å². The molecule has 8 heteroatoms. The smallest absolute Gasteiger partial charge is 0.422 e. The summed E-state index contributed by atoms with van der Waals surface area (Å²) in [6.07, 6.45) is 0.407. The van der Waals surface area contributed by atoms with Gasteiger partial charge < -0.3 is 15.0 Å². The van der Waals surface area contributed by atoms with E-state index in [1.807, 2.05) is 0 Å². The molecule has 0 aliphatic heterocycles. The first kappa shape index (κ1) is 14.3. The molecule has 5 nitrogen and oxygen atoms in total. The molecule has 0 saturated carbocycles. The van der Waals surface area contributed by atoms with E-state index >= 15 is 0 Å². The van der Waals surface area contributed by atoms with Crippen LogP contribution in [0.4, 0.5) is 13.2 Å². The molecule has 0 atom stereocenters. The van der Waals surface area contributed by atoms with Crippen LogP contribution in [0.5, 0.6) is 5.88 Å². The van der Waals surface area contributed by atoms with Crippen molar-refractivity contribution in [3.05, 3.63) is 42.1 Å². The number of halogens is 3. The zero-order chi connectivity index (χ0) is 14.4. The van der Waals surface area contributed by atoms with Crippen LogP contribution >= 0.6 is 0 Å². The van der Waals surface area contributed by atoms with Gasteiger partial charge in [0, 0.05) is 31.2 Å². The largest absolute Gasteiger partial charge is 0.468 e. The summed E-state index contributed by atoms with van der Waals surface area (Å²) in [5.74, 6) is 0.743. The van der Waals surface area contributed by atoms with Gasteiger partial charge in [-0.2, -0.15) is 13.2 Å². The van der Waals surface area contributed by atoms with Gasteiger partial charge in [0.15, 0.2) is 6.61 Å². The number of H-pyrrole nitrogens is 1. The van der Waals surface area contributed by atoms with Gasteiger partial charge in [-0.3, -0.25) is 0 Å². The molecule has 0 aliphatic rings. The first-order valence-corrected chi connectivity index (χ1v) is 5.86. The summed E-state index contributed by atoms with van der Waals surface area (Å²) in [7, 11) is 0. The van der Waals surface area contributed by atoms with Gasteiger partial charge in [-0.15, -0.1) is 0 Å². The number of ether oxygens (including phenoxy) is 1. The molecule has 0 radical (unpaired) electrons. The predicted octanol–water partition coefficient (Wildman–Crippen LogP) is 2.04. The van der Waals surface area contributed by atoms with Crippen LogP contribution < -0.4 is 10.1 Å². The summed E-state index contributed by atoms with van der Waals surface area (Å²) < 4.78 is 40.7. The highest BCUT2D eigenvalue weighted by molar-refractivity contribution is 5.20. The van der Waals surface area contributed by atoms with E-state index in [1.165, 1.54) is 12.3 Å². The number of nitrogens with zero attached hydrogens (tertiary/aromatic N) is 2. The highest BCUT2D eigenvalue weighted by atomic mass is 19.4. The highest BCUT2D eigenvalue weighted by Crippen LogP contribution is 2.17. The lowest BCUT2D eigenvalue weighted by Crippen LogP contribution is -2.20. The molecule has 0 fully saturated rings. The van der Waals surface area contributed by atoms with Crippen molar-refractivity contribution in [2.45, 2.75) is 19.3 Å². The monoisotopic (exact) mass is 286 g/mol. The number of alkyl halides is 3. The third kappa shape index (κ3) is 4.88. The van der Waals surface area contributed by atoms with Gasteiger partial charge in [0.05, 0.1) is 6.54 Å². The molecule has 0 aromatic carbocycles. The summed E-state index contributed by atoms with van der Waals surface area (Å²) in [6, 6.07) is 3.18. The first-order chi connectivity index (χ1) is 9.53. The van der Waals surface area contributed by atoms with Crippen molar-refractivity contribution >= 4 is 0 Å². The fraction of sp³-hybridized carbons (Fsp3) is 0.333. The fourth-order valence-corrected chi connectivity index (χ4v) is 1.51. The molecule has 0 unspecified atom stereocenters. The van der Waals surface area contributed by atoms with Crippen molar-refractivity contribution in [3.8, 4) is 5.88 Å². The maximum absolute atomic E-state index is 12.0. The second kappa shape index (κ2) is 6.38. The normalized spacial score (nSPS) is 11.6. The van der Waals surface area contributed by atoms with E-state index in [2.05, 4.69) is 25.0 Å². The van der Waals surface area contributed by atoms with Crippen molar-refractivity contribution in [3.63, 3.8) is 0 Å². The predicted molar refractivity (Wildman–Crippen MR) is 64.9 cm³/mol. The van der Waals surface area contributed by atoms with Crippen molar-refractivity contribution in [2.24, 2.45) is 0 Å². The standard InChI is InChI=1S/C12H13F3N4O/c13-12(14,15)8-20-11-5-9(1-2-19-11)6-16-7-10-17-3-4-18-10/h1-5,16H,6-8H2,(H,17,18). The van der Waals surface area contributed by atoms with Crippen LogP contribution in [0.3, 0.4) is 0 Å². The summed E-state index contributed by atoms with van der Waals surface area (Å²) in [6.45, 7) is -0.330. The maximum atomic E-state index is 12.0. The van der Waals surface area contributed by atoms with Gasteiger partial charge in [0.1, 0.15) is 5.82 Å². The Morgan fingerprint density at radius 2 is 2.05 bits per heavy atom. The number of rotatable bonds is 6. The summed E-state index contributed by atoms with van der Waals surface area (Å²) in [4.78, 5) is 10.7. The minimum absolute atomic E-state index is 0.0420. The van der Waals surface area contributed by atoms with Crippen LogP contribution in [0, 0.1) is 0 Å². The Kier molecular flexibility index (Phi) is 4.57. The molecule has 0 aliphatic carbocycles. The molecule has 108 valence electrons. The highest BCUT2D eigenvalue weighted by Gasteiger charge is 2.28. The lowest BCUT2D eigenvalue weighted by Gasteiger charge is -2.09. The first-order valence-electron chi connectivity index (χ1n) is 5.86. The van der Waals surface area contributed by atoms with Gasteiger partial charge in [0.25, 0.3) is 0 Å². The average molecular weight is 286 g/mol. The quantitative estimate of drug-likeness (QED) is 0.853. The topological polar surface area (TPSA) is 62.8 Å². The molecule has 0 saturated heterocycles. The van der Waals surface area contributed by atoms with Crippen LogP contribution in [-0.2, 0) is 13.1 Å². The van der Waals surface area contributed by atoms with E-state index in [4.69, 9.17) is 0 Å². The van der Waals surface area contributed by atoms with Crippen LogP contribution in [0.25, 0.3) is 0 Å². The van der Waals surface area contributed by atoms with Crippen LogP contribution in [0.2, 0.25) is 0 Å². The van der Waals surface area contributed by atoms with Crippen LogP contribution in [0.1, 0.15) is 11.4 Å². The van der Waals surface area contributed by atoms with Gasteiger partial charge in [0.2, 0.25) is 5.88 Å². The van der Waals surface area contributed by atoms with E-state index in [0.29, 0.717) is 13.1 Å². The van der Waals surface area contributed by atoms with E-state index in [1.54, 1.807) is 18.5 Å². The third-order valence-corrected chi connectivity index (χ3v) is 2.36. The number of hydrogen-bond acceptors (Lipinski definition) is 4. The second-order valence-electron chi connectivity index (χ2n) is 4.05. The lowest BCUT2D eigenvalue weighted by atomic mass is 10.2. The lowest BCUT2D eigenvalue weighted by molar-refractivity contribution is -0.154. The Hall–Kier alpha value is -2.09. The molecule has 2 aromatic rings. The van der Waals surface area contributed by atoms with E-state index < -0.39 is 12.8 Å². The minimum atomic E-state index is -4.37. The molecule has 2 heterocycles. The van der Waals surface area contributed by atoms with E-state index in [9.17, 15) is 13.2 Å². The number of imidazole rings is 1. The van der Waals surface area contributed by atoms with Crippen molar-refractivity contribution < 1.29 is 17.9 Å². The van der Waals surface area contributed by atoms with E-state index in [0.717, 1.165) is 11.4 Å². The Balaban J connectivity index is 1.83. The zero-order valence-corrected chi connectivity index (χ0v) is 10.4. The number of hydrogen-bond donors (Lipinski definition) is 2. The number of aromatic amines is 1. The number of nitrogens with one attached hydrogen (secondary N) is 2. The Morgan fingerprint density at radius 1 is 1.20 bits per heavy atom. The molecule has 2 aromatic heterocycles. The Morgan fingerprint density at radius 3 is 2.75 bits per heavy atom. The van der Waals surface area contributed by atoms with Crippen molar-refractivity contribution in [1.29, 1.82) is 0 Å². The molecule has 2 N–H and O–H groups in total. The molecular weight excluding hydrogens is 273 g/mol. The van der Waals surface area contributed by atoms with Crippen molar-refractivity contribution in [2.75, 3.05) is 6.61 Å². The Bertz CT molecular complexity index is 528. The molecule has 20 heavy (non-hydrogen) atoms. The third-order valence-electron chi connectivity index (χ3n) is 2.36. The van der Waals surface area contributed by atoms with Crippen LogP contribution in [0.15, 0.2) is 30.7 Å². The molecular formula is C12H13F3N4O. The number of pyridine rings is 1. The SMILES string of the molecule is FC(F)(F)COc1cc(CNCc2ncc[nH]2)ccn1. The van der Waals surface area contributed by atoms with Crippen LogP contribution in [-0.4, -0.2) is 27.7 Å². The summed E-state index contributed by atoms with van der Waals surface area (Å²) >= 11 is 0. The van der Waals surface area contributed by atoms with Gasteiger partial charge in [-0.1, -0.05) is 0 Å². The molecule has 0 bridgehead atoms. The van der Waals surface area contributed by atoms with Gasteiger partial charge >= 0.3 is 6.18 Å². The van der Waals surface area contributed by atoms with Gasteiger partial charge in [-0.25, -0.2) is 9.97 Å². The van der Waals surface area contributed by atoms with Gasteiger partial charge in [-0.05, 0) is 11.6 Å². The van der Waals surface area contributed by atoms with Crippen molar-refractivity contribution in [1.82, 2.24) is 20.3 Å². The minimum Gasteiger partial charge on any atom is -0.468 e. The average Bonchev–Trinajstić information content (AvgIpc) is 2.89. The number of aromatic nitrogens is 3. The molecule has 0 amide bonds. The summed E-state index contributed by atoms with van der Waals surface area (Å²) in [5, 5.41) is 3.10. The zero-order valence-electron chi connectivity index (χ0n) is 10.4.